The van der Waals surface area contributed by atoms with Gasteiger partial charge in [-0.2, -0.15) is 5.26 Å². The van der Waals surface area contributed by atoms with Crippen molar-refractivity contribution in [3.05, 3.63) is 0 Å². The highest BCUT2D eigenvalue weighted by Crippen LogP contribution is 2.25. The molecular formula is C14H25N3O2. The first-order valence-electron chi connectivity index (χ1n) is 7.09. The van der Waals surface area contributed by atoms with E-state index in [0.29, 0.717) is 32.0 Å². The molecule has 0 aromatic heterocycles. The second-order valence-electron chi connectivity index (χ2n) is 5.34. The number of aliphatic hydroxyl groups excluding tert-OH is 1. The molecule has 1 amide bonds. The molecule has 0 radical (unpaired) electrons. The lowest BCUT2D eigenvalue weighted by Gasteiger charge is -2.26. The Balaban J connectivity index is 2.35. The molecule has 0 bridgehead atoms. The summed E-state index contributed by atoms with van der Waals surface area (Å²) in [6, 6.07) is 2.06. The highest BCUT2D eigenvalue weighted by Gasteiger charge is 2.26. The molecule has 5 nitrogen and oxygen atoms in total. The zero-order valence-electron chi connectivity index (χ0n) is 12.0. The molecule has 1 aliphatic carbocycles. The van der Waals surface area contributed by atoms with E-state index in [1.54, 1.807) is 4.90 Å². The monoisotopic (exact) mass is 267 g/mol. The predicted molar refractivity (Wildman–Crippen MR) is 73.3 cm³/mol. The zero-order chi connectivity index (χ0) is 14.3. The van der Waals surface area contributed by atoms with Crippen LogP contribution in [0.4, 0.5) is 0 Å². The summed E-state index contributed by atoms with van der Waals surface area (Å²) in [6.45, 7) is 4.20. The maximum absolute atomic E-state index is 12.1. The first-order chi connectivity index (χ1) is 9.08. The van der Waals surface area contributed by atoms with E-state index in [0.717, 1.165) is 25.8 Å². The van der Waals surface area contributed by atoms with Gasteiger partial charge in [0.05, 0.1) is 25.1 Å². The van der Waals surface area contributed by atoms with Gasteiger partial charge in [-0.15, -0.1) is 0 Å². The number of nitriles is 1. The van der Waals surface area contributed by atoms with Crippen LogP contribution in [0.1, 0.15) is 32.6 Å². The maximum atomic E-state index is 12.1. The standard InChI is InChI=1S/C14H25N3O2/c1-3-17(9-5-8-15)14(19)11-16(2)10-12-6-4-7-13(12)18/h12-13,18H,3-7,9-11H2,1-2H3. The highest BCUT2D eigenvalue weighted by atomic mass is 16.3. The van der Waals surface area contributed by atoms with Crippen molar-refractivity contribution in [3.63, 3.8) is 0 Å². The van der Waals surface area contributed by atoms with Crippen LogP contribution >= 0.6 is 0 Å². The van der Waals surface area contributed by atoms with Crippen LogP contribution in [0.2, 0.25) is 0 Å². The molecule has 2 atom stereocenters. The predicted octanol–water partition coefficient (Wildman–Crippen LogP) is 0.841. The number of nitrogens with zero attached hydrogens (tertiary/aromatic N) is 3. The molecule has 108 valence electrons. The van der Waals surface area contributed by atoms with Crippen LogP contribution in [0.5, 0.6) is 0 Å². The van der Waals surface area contributed by atoms with Crippen molar-refractivity contribution < 1.29 is 9.90 Å². The number of aliphatic hydroxyl groups is 1. The molecular weight excluding hydrogens is 242 g/mol. The van der Waals surface area contributed by atoms with Crippen molar-refractivity contribution in [2.75, 3.05) is 33.2 Å². The van der Waals surface area contributed by atoms with Crippen molar-refractivity contribution in [2.24, 2.45) is 5.92 Å². The average molecular weight is 267 g/mol. The molecule has 1 saturated carbocycles. The third-order valence-corrected chi connectivity index (χ3v) is 3.80. The van der Waals surface area contributed by atoms with E-state index in [1.165, 1.54) is 0 Å². The Morgan fingerprint density at radius 3 is 2.74 bits per heavy atom. The summed E-state index contributed by atoms with van der Waals surface area (Å²) in [4.78, 5) is 15.8. The van der Waals surface area contributed by atoms with Gasteiger partial charge in [0.2, 0.25) is 5.91 Å². The Hall–Kier alpha value is -1.12. The third kappa shape index (κ3) is 5.17. The van der Waals surface area contributed by atoms with E-state index in [9.17, 15) is 9.90 Å². The average Bonchev–Trinajstić information content (AvgIpc) is 2.75. The number of hydrogen-bond acceptors (Lipinski definition) is 4. The van der Waals surface area contributed by atoms with Gasteiger partial charge in [-0.1, -0.05) is 6.42 Å². The van der Waals surface area contributed by atoms with E-state index >= 15 is 0 Å². The van der Waals surface area contributed by atoms with Crippen LogP contribution in [-0.2, 0) is 4.79 Å². The van der Waals surface area contributed by atoms with E-state index in [4.69, 9.17) is 5.26 Å². The summed E-state index contributed by atoms with van der Waals surface area (Å²) in [5.41, 5.74) is 0. The Kier molecular flexibility index (Phi) is 6.82. The van der Waals surface area contributed by atoms with Gasteiger partial charge in [-0.05, 0) is 32.7 Å². The fourth-order valence-electron chi connectivity index (χ4n) is 2.67. The lowest BCUT2D eigenvalue weighted by molar-refractivity contribution is -0.132. The van der Waals surface area contributed by atoms with Gasteiger partial charge in [0.1, 0.15) is 0 Å². The quantitative estimate of drug-likeness (QED) is 0.742. The Bertz CT molecular complexity index is 327. The molecule has 0 saturated heterocycles. The molecule has 5 heteroatoms. The Morgan fingerprint density at radius 1 is 1.47 bits per heavy atom. The Morgan fingerprint density at radius 2 is 2.21 bits per heavy atom. The maximum Gasteiger partial charge on any atom is 0.236 e. The lowest BCUT2D eigenvalue weighted by Crippen LogP contribution is -2.41. The summed E-state index contributed by atoms with van der Waals surface area (Å²) >= 11 is 0. The fourth-order valence-corrected chi connectivity index (χ4v) is 2.67. The highest BCUT2D eigenvalue weighted by molar-refractivity contribution is 5.78. The van der Waals surface area contributed by atoms with Crippen LogP contribution in [-0.4, -0.2) is 60.1 Å². The number of rotatable bonds is 7. The Labute approximate surface area is 115 Å². The van der Waals surface area contributed by atoms with Crippen molar-refractivity contribution in [1.82, 2.24) is 9.80 Å². The smallest absolute Gasteiger partial charge is 0.236 e. The summed E-state index contributed by atoms with van der Waals surface area (Å²) in [5, 5.41) is 18.4. The second-order valence-corrected chi connectivity index (χ2v) is 5.34. The minimum atomic E-state index is -0.210. The largest absolute Gasteiger partial charge is 0.393 e. The number of carbonyl (C=O) groups excluding carboxylic acids is 1. The van der Waals surface area contributed by atoms with Gasteiger partial charge in [0, 0.05) is 19.6 Å². The second kappa shape index (κ2) is 8.13. The van der Waals surface area contributed by atoms with E-state index < -0.39 is 0 Å². The molecule has 1 N–H and O–H groups in total. The first kappa shape index (κ1) is 15.9. The lowest BCUT2D eigenvalue weighted by atomic mass is 10.1. The molecule has 0 spiro atoms. The summed E-state index contributed by atoms with van der Waals surface area (Å²) in [5.74, 6) is 0.361. The molecule has 0 aliphatic heterocycles. The van der Waals surface area contributed by atoms with Gasteiger partial charge in [-0.25, -0.2) is 0 Å². The normalized spacial score (nSPS) is 22.5. The molecule has 19 heavy (non-hydrogen) atoms. The van der Waals surface area contributed by atoms with Crippen molar-refractivity contribution in [2.45, 2.75) is 38.7 Å². The number of amides is 1. The summed E-state index contributed by atoms with van der Waals surface area (Å²) in [6.07, 6.45) is 3.18. The molecule has 0 heterocycles. The number of likely N-dealkylation sites (N-methyl/N-ethyl adjacent to an activating group) is 2. The molecule has 1 rings (SSSR count). The summed E-state index contributed by atoms with van der Waals surface area (Å²) < 4.78 is 0. The van der Waals surface area contributed by atoms with Crippen LogP contribution < -0.4 is 0 Å². The van der Waals surface area contributed by atoms with Gasteiger partial charge < -0.3 is 10.0 Å². The molecule has 0 aromatic carbocycles. The minimum Gasteiger partial charge on any atom is -0.393 e. The van der Waals surface area contributed by atoms with Crippen LogP contribution in [0.25, 0.3) is 0 Å². The van der Waals surface area contributed by atoms with Crippen molar-refractivity contribution in [3.8, 4) is 6.07 Å². The number of carbonyl (C=O) groups is 1. The van der Waals surface area contributed by atoms with Gasteiger partial charge in [-0.3, -0.25) is 9.69 Å². The molecule has 1 fully saturated rings. The van der Waals surface area contributed by atoms with Crippen LogP contribution in [0.3, 0.4) is 0 Å². The molecule has 0 aromatic rings. The van der Waals surface area contributed by atoms with Crippen LogP contribution in [0.15, 0.2) is 0 Å². The van der Waals surface area contributed by atoms with Crippen LogP contribution in [0, 0.1) is 17.2 Å². The van der Waals surface area contributed by atoms with Gasteiger partial charge in [0.15, 0.2) is 0 Å². The molecule has 1 aliphatic rings. The zero-order valence-corrected chi connectivity index (χ0v) is 12.0. The fraction of sp³-hybridized carbons (Fsp3) is 0.857. The van der Waals surface area contributed by atoms with E-state index in [2.05, 4.69) is 6.07 Å². The molecule has 2 unspecified atom stereocenters. The van der Waals surface area contributed by atoms with E-state index in [1.807, 2.05) is 18.9 Å². The van der Waals surface area contributed by atoms with Crippen molar-refractivity contribution >= 4 is 5.91 Å². The van der Waals surface area contributed by atoms with Gasteiger partial charge in [0.25, 0.3) is 0 Å². The SMILES string of the molecule is CCN(CCC#N)C(=O)CN(C)CC1CCCC1O. The first-order valence-corrected chi connectivity index (χ1v) is 7.09. The van der Waals surface area contributed by atoms with E-state index in [-0.39, 0.29) is 12.0 Å². The topological polar surface area (TPSA) is 67.6 Å². The number of hydrogen-bond donors (Lipinski definition) is 1. The third-order valence-electron chi connectivity index (χ3n) is 3.80. The van der Waals surface area contributed by atoms with Gasteiger partial charge >= 0.3 is 0 Å². The van der Waals surface area contributed by atoms with Crippen molar-refractivity contribution in [1.29, 1.82) is 5.26 Å². The summed E-state index contributed by atoms with van der Waals surface area (Å²) in [7, 11) is 1.92. The minimum absolute atomic E-state index is 0.0627.